The molecule has 2 nitrogen and oxygen atoms in total. The number of thioether (sulfide) groups is 1. The molecule has 1 aliphatic rings. The number of nitrogen functional groups attached to an aromatic ring is 1. The fraction of sp³-hybridized carbons (Fsp3) is 0.600. The van der Waals surface area contributed by atoms with Gasteiger partial charge in [-0.25, -0.2) is 0 Å². The fourth-order valence-electron chi connectivity index (χ4n) is 2.53. The van der Waals surface area contributed by atoms with Gasteiger partial charge in [0.1, 0.15) is 0 Å². The third-order valence-electron chi connectivity index (χ3n) is 3.80. The molecule has 1 saturated heterocycles. The molecule has 100 valence electrons. The van der Waals surface area contributed by atoms with Crippen molar-refractivity contribution in [2.75, 3.05) is 30.3 Å². The van der Waals surface area contributed by atoms with Crippen molar-refractivity contribution in [1.29, 1.82) is 0 Å². The van der Waals surface area contributed by atoms with E-state index < -0.39 is 0 Å². The Hall–Kier alpha value is -0.670. The summed E-state index contributed by atoms with van der Waals surface area (Å²) in [7, 11) is 0. The predicted octanol–water partition coefficient (Wildman–Crippen LogP) is 2.98. The highest BCUT2D eigenvalue weighted by Gasteiger charge is 2.27. The molecule has 0 radical (unpaired) electrons. The van der Waals surface area contributed by atoms with Crippen LogP contribution in [0.3, 0.4) is 0 Å². The molecular formula is C15H24N2S. The molecular weight excluding hydrogens is 240 g/mol. The smallest absolute Gasteiger partial charge is 0.0314 e. The molecule has 1 fully saturated rings. The quantitative estimate of drug-likeness (QED) is 0.851. The van der Waals surface area contributed by atoms with Gasteiger partial charge >= 0.3 is 0 Å². The standard InChI is InChI=1S/C15H24N2S/c1-12-10-18-9-8-17(12)11-15(2,3)13-4-6-14(16)7-5-13/h4-7,12H,8-11,16H2,1-3H3. The maximum atomic E-state index is 5.76. The van der Waals surface area contributed by atoms with E-state index in [-0.39, 0.29) is 5.41 Å². The Balaban J connectivity index is 2.08. The third kappa shape index (κ3) is 3.21. The van der Waals surface area contributed by atoms with Gasteiger partial charge in [0.15, 0.2) is 0 Å². The van der Waals surface area contributed by atoms with Crippen LogP contribution in [0.2, 0.25) is 0 Å². The average Bonchev–Trinajstić information content (AvgIpc) is 2.32. The second-order valence-electron chi connectivity index (χ2n) is 5.90. The normalized spacial score (nSPS) is 22.1. The zero-order chi connectivity index (χ0) is 13.2. The summed E-state index contributed by atoms with van der Waals surface area (Å²) in [5.41, 5.74) is 8.17. The second-order valence-corrected chi connectivity index (χ2v) is 7.05. The number of nitrogens with zero attached hydrogens (tertiary/aromatic N) is 1. The summed E-state index contributed by atoms with van der Waals surface area (Å²) >= 11 is 2.07. The lowest BCUT2D eigenvalue weighted by molar-refractivity contribution is 0.190. The van der Waals surface area contributed by atoms with Crippen LogP contribution in [0.4, 0.5) is 5.69 Å². The summed E-state index contributed by atoms with van der Waals surface area (Å²) < 4.78 is 0. The summed E-state index contributed by atoms with van der Waals surface area (Å²) in [5.74, 6) is 2.53. The molecule has 1 aromatic carbocycles. The van der Waals surface area contributed by atoms with Crippen LogP contribution in [0.5, 0.6) is 0 Å². The van der Waals surface area contributed by atoms with E-state index in [2.05, 4.69) is 49.6 Å². The molecule has 2 rings (SSSR count). The first-order chi connectivity index (χ1) is 8.49. The number of rotatable bonds is 3. The SMILES string of the molecule is CC1CSCCN1CC(C)(C)c1ccc(N)cc1. The molecule has 0 saturated carbocycles. The summed E-state index contributed by atoms with van der Waals surface area (Å²) in [6.45, 7) is 9.33. The maximum absolute atomic E-state index is 5.76. The lowest BCUT2D eigenvalue weighted by Crippen LogP contribution is -2.46. The third-order valence-corrected chi connectivity index (χ3v) is 4.99. The van der Waals surface area contributed by atoms with Gasteiger partial charge in [-0.15, -0.1) is 0 Å². The zero-order valence-electron chi connectivity index (χ0n) is 11.6. The van der Waals surface area contributed by atoms with Gasteiger partial charge in [-0.05, 0) is 24.6 Å². The van der Waals surface area contributed by atoms with Gasteiger partial charge < -0.3 is 5.73 Å². The summed E-state index contributed by atoms with van der Waals surface area (Å²) in [4.78, 5) is 2.62. The highest BCUT2D eigenvalue weighted by atomic mass is 32.2. The van der Waals surface area contributed by atoms with Gasteiger partial charge in [-0.1, -0.05) is 26.0 Å². The van der Waals surface area contributed by atoms with Crippen molar-refractivity contribution in [3.8, 4) is 0 Å². The van der Waals surface area contributed by atoms with E-state index in [1.165, 1.54) is 23.6 Å². The zero-order valence-corrected chi connectivity index (χ0v) is 12.5. The van der Waals surface area contributed by atoms with Crippen molar-refractivity contribution in [2.45, 2.75) is 32.2 Å². The number of hydrogen-bond donors (Lipinski definition) is 1. The van der Waals surface area contributed by atoms with Gasteiger partial charge in [0.2, 0.25) is 0 Å². The molecule has 0 aliphatic carbocycles. The molecule has 1 unspecified atom stereocenters. The van der Waals surface area contributed by atoms with Crippen molar-refractivity contribution in [2.24, 2.45) is 0 Å². The molecule has 0 spiro atoms. The van der Waals surface area contributed by atoms with E-state index in [1.54, 1.807) is 0 Å². The van der Waals surface area contributed by atoms with Crippen LogP contribution >= 0.6 is 11.8 Å². The van der Waals surface area contributed by atoms with Crippen molar-refractivity contribution < 1.29 is 0 Å². The maximum Gasteiger partial charge on any atom is 0.0314 e. The molecule has 3 heteroatoms. The fourth-order valence-corrected chi connectivity index (χ4v) is 3.61. The first-order valence-corrected chi connectivity index (χ1v) is 7.82. The Morgan fingerprint density at radius 3 is 2.61 bits per heavy atom. The number of nitrogens with two attached hydrogens (primary N) is 1. The highest BCUT2D eigenvalue weighted by molar-refractivity contribution is 7.99. The van der Waals surface area contributed by atoms with Crippen molar-refractivity contribution >= 4 is 17.4 Å². The van der Waals surface area contributed by atoms with Crippen molar-refractivity contribution in [3.63, 3.8) is 0 Å². The highest BCUT2D eigenvalue weighted by Crippen LogP contribution is 2.27. The van der Waals surface area contributed by atoms with E-state index in [9.17, 15) is 0 Å². The van der Waals surface area contributed by atoms with Crippen LogP contribution in [0, 0.1) is 0 Å². The Morgan fingerprint density at radius 2 is 2.00 bits per heavy atom. The lowest BCUT2D eigenvalue weighted by Gasteiger charge is -2.39. The van der Waals surface area contributed by atoms with Crippen molar-refractivity contribution in [1.82, 2.24) is 4.90 Å². The first kappa shape index (κ1) is 13.8. The molecule has 0 amide bonds. The second kappa shape index (κ2) is 5.54. The largest absolute Gasteiger partial charge is 0.399 e. The van der Waals surface area contributed by atoms with Crippen LogP contribution in [-0.4, -0.2) is 35.5 Å². The van der Waals surface area contributed by atoms with Gasteiger partial charge in [0.05, 0.1) is 0 Å². The Kier molecular flexibility index (Phi) is 4.23. The molecule has 0 bridgehead atoms. The predicted molar refractivity (Wildman–Crippen MR) is 82.2 cm³/mol. The molecule has 1 aromatic rings. The van der Waals surface area contributed by atoms with E-state index in [4.69, 9.17) is 5.73 Å². The summed E-state index contributed by atoms with van der Waals surface area (Å²) in [6.07, 6.45) is 0. The molecule has 18 heavy (non-hydrogen) atoms. The Labute approximate surface area is 115 Å². The molecule has 1 aliphatic heterocycles. The number of benzene rings is 1. The van der Waals surface area contributed by atoms with Gasteiger partial charge in [-0.2, -0.15) is 11.8 Å². The van der Waals surface area contributed by atoms with E-state index >= 15 is 0 Å². The minimum atomic E-state index is 0.184. The van der Waals surface area contributed by atoms with Gasteiger partial charge in [-0.3, -0.25) is 4.90 Å². The summed E-state index contributed by atoms with van der Waals surface area (Å²) in [6, 6.07) is 9.04. The van der Waals surface area contributed by atoms with Crippen LogP contribution in [-0.2, 0) is 5.41 Å². The Morgan fingerprint density at radius 1 is 1.33 bits per heavy atom. The van der Waals surface area contributed by atoms with E-state index in [0.29, 0.717) is 6.04 Å². The first-order valence-electron chi connectivity index (χ1n) is 6.67. The molecule has 0 aromatic heterocycles. The summed E-state index contributed by atoms with van der Waals surface area (Å²) in [5, 5.41) is 0. The minimum absolute atomic E-state index is 0.184. The van der Waals surface area contributed by atoms with E-state index in [1.807, 2.05) is 12.1 Å². The topological polar surface area (TPSA) is 29.3 Å². The Bertz CT molecular complexity index is 386. The molecule has 2 N–H and O–H groups in total. The minimum Gasteiger partial charge on any atom is -0.399 e. The van der Waals surface area contributed by atoms with Crippen molar-refractivity contribution in [3.05, 3.63) is 29.8 Å². The molecule has 1 atom stereocenters. The van der Waals surface area contributed by atoms with Gasteiger partial charge in [0.25, 0.3) is 0 Å². The van der Waals surface area contributed by atoms with E-state index in [0.717, 1.165) is 12.2 Å². The lowest BCUT2D eigenvalue weighted by atomic mass is 9.83. The van der Waals surface area contributed by atoms with Gasteiger partial charge in [0, 0.05) is 41.7 Å². The average molecular weight is 264 g/mol. The van der Waals surface area contributed by atoms with Crippen LogP contribution in [0.15, 0.2) is 24.3 Å². The monoisotopic (exact) mass is 264 g/mol. The van der Waals surface area contributed by atoms with Crippen LogP contribution < -0.4 is 5.73 Å². The molecule has 1 heterocycles. The van der Waals surface area contributed by atoms with Crippen LogP contribution in [0.1, 0.15) is 26.3 Å². The number of hydrogen-bond acceptors (Lipinski definition) is 3. The van der Waals surface area contributed by atoms with Crippen LogP contribution in [0.25, 0.3) is 0 Å². The number of anilines is 1.